The number of hydrogen-bond donors (Lipinski definition) is 1. The van der Waals surface area contributed by atoms with Crippen LogP contribution >= 0.6 is 15.9 Å². The van der Waals surface area contributed by atoms with Crippen molar-refractivity contribution < 1.29 is 8.42 Å². The van der Waals surface area contributed by atoms with Gasteiger partial charge in [0.05, 0.1) is 16.1 Å². The molecule has 5 rings (SSSR count). The van der Waals surface area contributed by atoms with E-state index in [0.29, 0.717) is 17.1 Å². The summed E-state index contributed by atoms with van der Waals surface area (Å²) < 4.78 is 32.2. The predicted molar refractivity (Wildman–Crippen MR) is 139 cm³/mol. The van der Waals surface area contributed by atoms with Gasteiger partial charge in [-0.25, -0.2) is 13.1 Å². The average molecular weight is 530 g/mol. The molecule has 1 N–H and O–H groups in total. The third-order valence-electron chi connectivity index (χ3n) is 5.35. The van der Waals surface area contributed by atoms with E-state index in [1.165, 1.54) is 0 Å². The van der Waals surface area contributed by atoms with E-state index in [1.54, 1.807) is 28.9 Å². The van der Waals surface area contributed by atoms with Crippen molar-refractivity contribution in [1.29, 1.82) is 0 Å². The minimum atomic E-state index is -3.89. The van der Waals surface area contributed by atoms with Crippen LogP contribution in [0.15, 0.2) is 125 Å². The standard InChI is InChI=1S/C27H20BrN3O2S/c28-22-16-18-24(19-17-22)34(32,33)30-27-25(20-10-4-1-5-11-20)26(21-12-6-2-7-13-21)29-31(27)23-14-8-3-9-15-23/h1-19,30H. The highest BCUT2D eigenvalue weighted by molar-refractivity contribution is 9.10. The molecule has 0 aliphatic carbocycles. The van der Waals surface area contributed by atoms with Gasteiger partial charge in [-0.3, -0.25) is 4.72 Å². The van der Waals surface area contributed by atoms with Gasteiger partial charge in [0, 0.05) is 10.0 Å². The average Bonchev–Trinajstić information content (AvgIpc) is 3.24. The summed E-state index contributed by atoms with van der Waals surface area (Å²) in [5.74, 6) is 0.374. The van der Waals surface area contributed by atoms with Crippen molar-refractivity contribution >= 4 is 31.8 Å². The molecule has 0 aliphatic rings. The second kappa shape index (κ2) is 9.29. The molecule has 168 valence electrons. The highest BCUT2D eigenvalue weighted by atomic mass is 79.9. The molecule has 0 amide bonds. The van der Waals surface area contributed by atoms with Crippen molar-refractivity contribution in [2.75, 3.05) is 4.72 Å². The van der Waals surface area contributed by atoms with Crippen LogP contribution < -0.4 is 4.72 Å². The lowest BCUT2D eigenvalue weighted by atomic mass is 10.0. The molecule has 7 heteroatoms. The number of sulfonamides is 1. The minimum Gasteiger partial charge on any atom is -0.263 e. The zero-order valence-electron chi connectivity index (χ0n) is 18.0. The summed E-state index contributed by atoms with van der Waals surface area (Å²) in [6, 6.07) is 35.5. The summed E-state index contributed by atoms with van der Waals surface area (Å²) in [5.41, 5.74) is 3.88. The van der Waals surface area contributed by atoms with E-state index in [9.17, 15) is 8.42 Å². The molecule has 0 saturated carbocycles. The molecule has 0 bridgehead atoms. The van der Waals surface area contributed by atoms with Crippen LogP contribution in [0.4, 0.5) is 5.82 Å². The first-order valence-electron chi connectivity index (χ1n) is 10.6. The largest absolute Gasteiger partial charge is 0.263 e. The van der Waals surface area contributed by atoms with Gasteiger partial charge in [0.15, 0.2) is 5.82 Å². The highest BCUT2D eigenvalue weighted by Crippen LogP contribution is 2.40. The van der Waals surface area contributed by atoms with E-state index in [4.69, 9.17) is 5.10 Å². The van der Waals surface area contributed by atoms with Gasteiger partial charge in [0.2, 0.25) is 0 Å². The van der Waals surface area contributed by atoms with Crippen LogP contribution in [-0.2, 0) is 10.0 Å². The van der Waals surface area contributed by atoms with Crippen molar-refractivity contribution in [3.63, 3.8) is 0 Å². The second-order valence-electron chi connectivity index (χ2n) is 7.61. The maximum atomic E-state index is 13.5. The summed E-state index contributed by atoms with van der Waals surface area (Å²) in [6.07, 6.45) is 0. The number of halogens is 1. The third kappa shape index (κ3) is 4.40. The maximum Gasteiger partial charge on any atom is 0.263 e. The van der Waals surface area contributed by atoms with Crippen LogP contribution in [0, 0.1) is 0 Å². The molecule has 5 aromatic rings. The fourth-order valence-electron chi connectivity index (χ4n) is 3.74. The summed E-state index contributed by atoms with van der Waals surface area (Å²) in [6.45, 7) is 0. The Kier molecular flexibility index (Phi) is 6.04. The molecule has 0 atom stereocenters. The Balaban J connectivity index is 1.78. The smallest absolute Gasteiger partial charge is 0.263 e. The predicted octanol–water partition coefficient (Wildman–Crippen LogP) is 6.77. The molecule has 0 fully saturated rings. The number of nitrogens with one attached hydrogen (secondary N) is 1. The van der Waals surface area contributed by atoms with Gasteiger partial charge in [-0.15, -0.1) is 0 Å². The van der Waals surface area contributed by atoms with Gasteiger partial charge < -0.3 is 0 Å². The quantitative estimate of drug-likeness (QED) is 0.264. The zero-order valence-corrected chi connectivity index (χ0v) is 20.4. The van der Waals surface area contributed by atoms with Gasteiger partial charge in [-0.05, 0) is 42.0 Å². The van der Waals surface area contributed by atoms with Crippen LogP contribution in [-0.4, -0.2) is 18.2 Å². The maximum absolute atomic E-state index is 13.5. The molecule has 0 unspecified atom stereocenters. The summed E-state index contributed by atoms with van der Waals surface area (Å²) in [7, 11) is -3.89. The van der Waals surface area contributed by atoms with Gasteiger partial charge >= 0.3 is 0 Å². The van der Waals surface area contributed by atoms with Gasteiger partial charge in [0.25, 0.3) is 10.0 Å². The van der Waals surface area contributed by atoms with E-state index >= 15 is 0 Å². The Labute approximate surface area is 206 Å². The number of nitrogens with zero attached hydrogens (tertiary/aromatic N) is 2. The summed E-state index contributed by atoms with van der Waals surface area (Å²) in [5, 5.41) is 4.90. The molecule has 0 radical (unpaired) electrons. The summed E-state index contributed by atoms with van der Waals surface area (Å²) >= 11 is 3.36. The Hall–Kier alpha value is -3.68. The molecule has 1 aromatic heterocycles. The normalized spacial score (nSPS) is 11.3. The molecular formula is C27H20BrN3O2S. The monoisotopic (exact) mass is 529 g/mol. The number of hydrogen-bond acceptors (Lipinski definition) is 3. The Morgan fingerprint density at radius 1 is 0.676 bits per heavy atom. The molecule has 34 heavy (non-hydrogen) atoms. The lowest BCUT2D eigenvalue weighted by Gasteiger charge is -2.13. The minimum absolute atomic E-state index is 0.164. The fraction of sp³-hybridized carbons (Fsp3) is 0. The van der Waals surface area contributed by atoms with Gasteiger partial charge in [0.1, 0.15) is 5.69 Å². The lowest BCUT2D eigenvalue weighted by molar-refractivity contribution is 0.600. The fourth-order valence-corrected chi connectivity index (χ4v) is 5.06. The van der Waals surface area contributed by atoms with Crippen LogP contribution in [0.25, 0.3) is 28.1 Å². The van der Waals surface area contributed by atoms with Crippen LogP contribution in [0.2, 0.25) is 0 Å². The van der Waals surface area contributed by atoms with Crippen molar-refractivity contribution in [3.05, 3.63) is 120 Å². The van der Waals surface area contributed by atoms with Crippen LogP contribution in [0.3, 0.4) is 0 Å². The van der Waals surface area contributed by atoms with E-state index in [0.717, 1.165) is 21.3 Å². The van der Waals surface area contributed by atoms with E-state index in [1.807, 2.05) is 91.0 Å². The highest BCUT2D eigenvalue weighted by Gasteiger charge is 2.26. The molecule has 0 spiro atoms. The van der Waals surface area contributed by atoms with E-state index in [-0.39, 0.29) is 4.90 Å². The Morgan fingerprint density at radius 3 is 1.79 bits per heavy atom. The molecule has 5 nitrogen and oxygen atoms in total. The third-order valence-corrected chi connectivity index (χ3v) is 7.23. The number of rotatable bonds is 6. The van der Waals surface area contributed by atoms with Crippen molar-refractivity contribution in [3.8, 4) is 28.1 Å². The van der Waals surface area contributed by atoms with Gasteiger partial charge in [-0.1, -0.05) is 94.8 Å². The lowest BCUT2D eigenvalue weighted by Crippen LogP contribution is -2.16. The SMILES string of the molecule is O=S(=O)(Nc1c(-c2ccccc2)c(-c2ccccc2)nn1-c1ccccc1)c1ccc(Br)cc1. The van der Waals surface area contributed by atoms with Gasteiger partial charge in [-0.2, -0.15) is 5.10 Å². The molecule has 0 saturated heterocycles. The van der Waals surface area contributed by atoms with E-state index in [2.05, 4.69) is 20.7 Å². The molecular weight excluding hydrogens is 510 g/mol. The topological polar surface area (TPSA) is 64.0 Å². The molecule has 1 heterocycles. The summed E-state index contributed by atoms with van der Waals surface area (Å²) in [4.78, 5) is 0.164. The first kappa shape index (κ1) is 22.1. The second-order valence-corrected chi connectivity index (χ2v) is 10.2. The van der Waals surface area contributed by atoms with Crippen molar-refractivity contribution in [1.82, 2.24) is 9.78 Å². The first-order chi connectivity index (χ1) is 16.5. The van der Waals surface area contributed by atoms with Crippen molar-refractivity contribution in [2.45, 2.75) is 4.90 Å². The van der Waals surface area contributed by atoms with Crippen LogP contribution in [0.5, 0.6) is 0 Å². The van der Waals surface area contributed by atoms with Crippen LogP contribution in [0.1, 0.15) is 0 Å². The van der Waals surface area contributed by atoms with E-state index < -0.39 is 10.0 Å². The number of anilines is 1. The Morgan fingerprint density at radius 2 is 1.21 bits per heavy atom. The Bertz CT molecular complexity index is 1520. The number of aromatic nitrogens is 2. The zero-order chi connectivity index (χ0) is 23.5. The molecule has 4 aromatic carbocycles. The van der Waals surface area contributed by atoms with Crippen molar-refractivity contribution in [2.24, 2.45) is 0 Å². The number of benzene rings is 4. The first-order valence-corrected chi connectivity index (χ1v) is 12.9. The molecule has 0 aliphatic heterocycles. The number of para-hydroxylation sites is 1.